The van der Waals surface area contributed by atoms with E-state index in [9.17, 15) is 22.4 Å². The number of carbonyl (C=O) groups is 1. The second-order valence-corrected chi connectivity index (χ2v) is 4.90. The van der Waals surface area contributed by atoms with Gasteiger partial charge in [-0.1, -0.05) is 0 Å². The lowest BCUT2D eigenvalue weighted by atomic mass is 10.1. The number of aliphatic hydroxyl groups is 1. The molecule has 1 heterocycles. The number of nitrogens with zero attached hydrogens (tertiary/aromatic N) is 1. The van der Waals surface area contributed by atoms with Crippen molar-refractivity contribution in [2.24, 2.45) is 5.92 Å². The van der Waals surface area contributed by atoms with Crippen molar-refractivity contribution in [3.05, 3.63) is 29.6 Å². The number of carbonyl (C=O) groups excluding carboxylic acids is 1. The minimum Gasteiger partial charge on any atom is -0.396 e. The molecule has 1 aromatic rings. The van der Waals surface area contributed by atoms with Gasteiger partial charge in [-0.2, -0.15) is 13.2 Å². The van der Waals surface area contributed by atoms with Crippen LogP contribution in [0.2, 0.25) is 0 Å². The molecule has 1 unspecified atom stereocenters. The van der Waals surface area contributed by atoms with Gasteiger partial charge in [0.2, 0.25) is 0 Å². The number of amides is 2. The molecule has 1 fully saturated rings. The quantitative estimate of drug-likeness (QED) is 0.825. The van der Waals surface area contributed by atoms with Gasteiger partial charge >= 0.3 is 12.2 Å². The van der Waals surface area contributed by atoms with Crippen molar-refractivity contribution in [3.63, 3.8) is 0 Å². The topological polar surface area (TPSA) is 52.6 Å². The maximum absolute atomic E-state index is 13.0. The number of rotatable bonds is 2. The van der Waals surface area contributed by atoms with Crippen molar-refractivity contribution in [1.82, 2.24) is 4.90 Å². The molecule has 116 valence electrons. The van der Waals surface area contributed by atoms with Crippen LogP contribution in [-0.2, 0) is 6.18 Å². The zero-order valence-electron chi connectivity index (χ0n) is 11.0. The molecule has 8 heteroatoms. The number of hydrogen-bond donors (Lipinski definition) is 2. The monoisotopic (exact) mass is 306 g/mol. The molecule has 0 saturated carbocycles. The number of urea groups is 1. The van der Waals surface area contributed by atoms with Gasteiger partial charge in [-0.25, -0.2) is 9.18 Å². The van der Waals surface area contributed by atoms with Gasteiger partial charge in [-0.05, 0) is 24.6 Å². The van der Waals surface area contributed by atoms with Gasteiger partial charge in [0.25, 0.3) is 0 Å². The Kier molecular flexibility index (Phi) is 4.36. The Morgan fingerprint density at radius 2 is 2.14 bits per heavy atom. The largest absolute Gasteiger partial charge is 0.418 e. The first-order valence-electron chi connectivity index (χ1n) is 6.35. The van der Waals surface area contributed by atoms with E-state index in [2.05, 4.69) is 5.32 Å². The highest BCUT2D eigenvalue weighted by molar-refractivity contribution is 5.90. The minimum atomic E-state index is -4.76. The first-order valence-corrected chi connectivity index (χ1v) is 6.35. The molecule has 0 spiro atoms. The SMILES string of the molecule is O=C(Nc1ccc(F)cc1C(F)(F)F)N1CCC(CO)C1. The predicted molar refractivity (Wildman–Crippen MR) is 67.2 cm³/mol. The van der Waals surface area contributed by atoms with Crippen LogP contribution in [0.1, 0.15) is 12.0 Å². The van der Waals surface area contributed by atoms with Crippen LogP contribution in [0, 0.1) is 11.7 Å². The fraction of sp³-hybridized carbons (Fsp3) is 0.462. The van der Waals surface area contributed by atoms with Crippen LogP contribution in [0.3, 0.4) is 0 Å². The maximum atomic E-state index is 13.0. The lowest BCUT2D eigenvalue weighted by Gasteiger charge is -2.19. The normalized spacial score (nSPS) is 18.9. The second-order valence-electron chi connectivity index (χ2n) is 4.90. The highest BCUT2D eigenvalue weighted by atomic mass is 19.4. The number of anilines is 1. The minimum absolute atomic E-state index is 0.0638. The first-order chi connectivity index (χ1) is 9.81. The van der Waals surface area contributed by atoms with E-state index in [0.29, 0.717) is 19.0 Å². The van der Waals surface area contributed by atoms with E-state index >= 15 is 0 Å². The molecule has 0 aromatic heterocycles. The highest BCUT2D eigenvalue weighted by Crippen LogP contribution is 2.35. The Labute approximate surface area is 118 Å². The Morgan fingerprint density at radius 1 is 1.43 bits per heavy atom. The Hall–Kier alpha value is -1.83. The van der Waals surface area contributed by atoms with E-state index in [-0.39, 0.29) is 19.1 Å². The molecule has 1 aromatic carbocycles. The summed E-state index contributed by atoms with van der Waals surface area (Å²) in [5.74, 6) is -1.09. The predicted octanol–water partition coefficient (Wildman–Crippen LogP) is 2.69. The number of aliphatic hydroxyl groups excluding tert-OH is 1. The van der Waals surface area contributed by atoms with Crippen molar-refractivity contribution >= 4 is 11.7 Å². The number of alkyl halides is 3. The van der Waals surface area contributed by atoms with Crippen LogP contribution in [0.5, 0.6) is 0 Å². The van der Waals surface area contributed by atoms with Crippen LogP contribution in [0.15, 0.2) is 18.2 Å². The summed E-state index contributed by atoms with van der Waals surface area (Å²) in [4.78, 5) is 13.2. The summed E-state index contributed by atoms with van der Waals surface area (Å²) in [6.45, 7) is 0.568. The smallest absolute Gasteiger partial charge is 0.396 e. The molecule has 2 amide bonds. The van der Waals surface area contributed by atoms with Gasteiger partial charge < -0.3 is 15.3 Å². The average Bonchev–Trinajstić information content (AvgIpc) is 2.88. The third kappa shape index (κ3) is 3.63. The van der Waals surface area contributed by atoms with Gasteiger partial charge in [-0.3, -0.25) is 0 Å². The molecule has 21 heavy (non-hydrogen) atoms. The molecule has 1 saturated heterocycles. The molecular formula is C13H14F4N2O2. The van der Waals surface area contributed by atoms with Crippen LogP contribution in [0.25, 0.3) is 0 Å². The van der Waals surface area contributed by atoms with E-state index in [1.165, 1.54) is 4.90 Å². The summed E-state index contributed by atoms with van der Waals surface area (Å²) in [5.41, 5.74) is -1.71. The van der Waals surface area contributed by atoms with Crippen molar-refractivity contribution in [1.29, 1.82) is 0 Å². The molecule has 0 bridgehead atoms. The zero-order chi connectivity index (χ0) is 15.6. The molecular weight excluding hydrogens is 292 g/mol. The van der Waals surface area contributed by atoms with Gasteiger partial charge in [0, 0.05) is 25.6 Å². The average molecular weight is 306 g/mol. The molecule has 1 aliphatic rings. The summed E-state index contributed by atoms with van der Waals surface area (Å²) in [6, 6.07) is 1.39. The van der Waals surface area contributed by atoms with Crippen LogP contribution in [0.4, 0.5) is 28.0 Å². The van der Waals surface area contributed by atoms with Gasteiger partial charge in [0.15, 0.2) is 0 Å². The van der Waals surface area contributed by atoms with E-state index in [1.807, 2.05) is 0 Å². The number of nitrogens with one attached hydrogen (secondary N) is 1. The van der Waals surface area contributed by atoms with Crippen molar-refractivity contribution in [2.45, 2.75) is 12.6 Å². The maximum Gasteiger partial charge on any atom is 0.418 e. The summed E-state index contributed by atoms with van der Waals surface area (Å²) >= 11 is 0. The highest BCUT2D eigenvalue weighted by Gasteiger charge is 2.35. The van der Waals surface area contributed by atoms with E-state index < -0.39 is 29.3 Å². The number of benzene rings is 1. The Balaban J connectivity index is 2.14. The summed E-state index contributed by atoms with van der Waals surface area (Å²) < 4.78 is 51.4. The zero-order valence-corrected chi connectivity index (χ0v) is 11.0. The second kappa shape index (κ2) is 5.88. The standard InChI is InChI=1S/C13H14F4N2O2/c14-9-1-2-11(10(5-9)13(15,16)17)18-12(21)19-4-3-8(6-19)7-20/h1-2,5,8,20H,3-4,6-7H2,(H,18,21). The van der Waals surface area contributed by atoms with Crippen LogP contribution in [-0.4, -0.2) is 35.7 Å². The van der Waals surface area contributed by atoms with Crippen molar-refractivity contribution in [2.75, 3.05) is 25.0 Å². The summed E-state index contributed by atoms with van der Waals surface area (Å²) in [6.07, 6.45) is -4.16. The third-order valence-electron chi connectivity index (χ3n) is 3.36. The summed E-state index contributed by atoms with van der Waals surface area (Å²) in [7, 11) is 0. The van der Waals surface area contributed by atoms with Crippen LogP contribution >= 0.6 is 0 Å². The van der Waals surface area contributed by atoms with Gasteiger partial charge in [-0.15, -0.1) is 0 Å². The van der Waals surface area contributed by atoms with Crippen molar-refractivity contribution in [3.8, 4) is 0 Å². The number of likely N-dealkylation sites (tertiary alicyclic amines) is 1. The molecule has 1 atom stereocenters. The lowest BCUT2D eigenvalue weighted by molar-refractivity contribution is -0.137. The van der Waals surface area contributed by atoms with Crippen LogP contribution < -0.4 is 5.32 Å². The van der Waals surface area contributed by atoms with E-state index in [1.54, 1.807) is 0 Å². The Bertz CT molecular complexity index is 533. The molecule has 1 aliphatic heterocycles. The Morgan fingerprint density at radius 3 is 2.71 bits per heavy atom. The lowest BCUT2D eigenvalue weighted by Crippen LogP contribution is -2.34. The number of hydrogen-bond acceptors (Lipinski definition) is 2. The van der Waals surface area contributed by atoms with Gasteiger partial charge in [0.1, 0.15) is 5.82 Å². The molecule has 0 radical (unpaired) electrons. The summed E-state index contributed by atoms with van der Waals surface area (Å²) in [5, 5.41) is 11.1. The fourth-order valence-electron chi connectivity index (χ4n) is 2.22. The molecule has 0 aliphatic carbocycles. The number of halogens is 4. The fourth-order valence-corrected chi connectivity index (χ4v) is 2.22. The third-order valence-corrected chi connectivity index (χ3v) is 3.36. The molecule has 2 N–H and O–H groups in total. The first kappa shape index (κ1) is 15.6. The van der Waals surface area contributed by atoms with Gasteiger partial charge in [0.05, 0.1) is 11.3 Å². The van der Waals surface area contributed by atoms with Crippen molar-refractivity contribution < 1.29 is 27.5 Å². The van der Waals surface area contributed by atoms with E-state index in [0.717, 1.165) is 12.1 Å². The van der Waals surface area contributed by atoms with E-state index in [4.69, 9.17) is 5.11 Å². The molecule has 4 nitrogen and oxygen atoms in total. The molecule has 2 rings (SSSR count).